The van der Waals surface area contributed by atoms with Gasteiger partial charge in [0, 0.05) is 23.4 Å². The summed E-state index contributed by atoms with van der Waals surface area (Å²) in [6.45, 7) is 3.85. The van der Waals surface area contributed by atoms with E-state index in [1.54, 1.807) is 42.5 Å². The number of nitro benzene ring substituents is 1. The third kappa shape index (κ3) is 4.30. The molecule has 3 atom stereocenters. The van der Waals surface area contributed by atoms with Crippen LogP contribution in [0.2, 0.25) is 0 Å². The van der Waals surface area contributed by atoms with E-state index in [4.69, 9.17) is 4.74 Å². The van der Waals surface area contributed by atoms with E-state index in [1.807, 2.05) is 26.0 Å². The lowest BCUT2D eigenvalue weighted by Gasteiger charge is -2.37. The van der Waals surface area contributed by atoms with Gasteiger partial charge in [0.25, 0.3) is 10.0 Å². The van der Waals surface area contributed by atoms with Crippen LogP contribution < -0.4 is 14.8 Å². The van der Waals surface area contributed by atoms with Gasteiger partial charge in [0.1, 0.15) is 0 Å². The van der Waals surface area contributed by atoms with Gasteiger partial charge in [-0.25, -0.2) is 8.42 Å². The minimum atomic E-state index is -3.79. The quantitative estimate of drug-likeness (QED) is 0.247. The molecule has 2 aliphatic rings. The Hall–Kier alpha value is -3.85. The highest BCUT2D eigenvalue weighted by atomic mass is 32.2. The molecule has 1 heterocycles. The van der Waals surface area contributed by atoms with Crippen LogP contribution in [0.4, 0.5) is 17.1 Å². The van der Waals surface area contributed by atoms with Gasteiger partial charge in [-0.2, -0.15) is 0 Å². The molecule has 186 valence electrons. The van der Waals surface area contributed by atoms with E-state index in [9.17, 15) is 18.5 Å². The smallest absolute Gasteiger partial charge is 0.311 e. The zero-order valence-electron chi connectivity index (χ0n) is 20.2. The van der Waals surface area contributed by atoms with Crippen molar-refractivity contribution in [2.45, 2.75) is 37.1 Å². The first kappa shape index (κ1) is 23.9. The first-order chi connectivity index (χ1) is 17.2. The summed E-state index contributed by atoms with van der Waals surface area (Å²) in [4.78, 5) is 11.3. The molecule has 0 spiro atoms. The number of ether oxygens (including phenoxy) is 1. The van der Waals surface area contributed by atoms with Crippen LogP contribution >= 0.6 is 0 Å². The molecule has 0 saturated heterocycles. The summed E-state index contributed by atoms with van der Waals surface area (Å²) in [5.41, 5.74) is 4.91. The summed E-state index contributed by atoms with van der Waals surface area (Å²) >= 11 is 0. The van der Waals surface area contributed by atoms with Gasteiger partial charge in [-0.3, -0.25) is 14.8 Å². The number of fused-ring (bicyclic) bond motifs is 3. The molecule has 0 amide bonds. The van der Waals surface area contributed by atoms with Crippen molar-refractivity contribution in [1.29, 1.82) is 0 Å². The van der Waals surface area contributed by atoms with Crippen LogP contribution in [0.15, 0.2) is 71.6 Å². The molecule has 1 aliphatic carbocycles. The first-order valence-corrected chi connectivity index (χ1v) is 13.1. The second-order valence-electron chi connectivity index (χ2n) is 9.39. The van der Waals surface area contributed by atoms with E-state index >= 15 is 0 Å². The molecule has 5 rings (SSSR count). The molecule has 0 bridgehead atoms. The monoisotopic (exact) mass is 505 g/mol. The molecule has 8 nitrogen and oxygen atoms in total. The number of hydrogen-bond donors (Lipinski definition) is 2. The average Bonchev–Trinajstić information content (AvgIpc) is 3.32. The minimum absolute atomic E-state index is 0.0104. The maximum Gasteiger partial charge on any atom is 0.311 e. The molecular formula is C27H27N3O5S. The van der Waals surface area contributed by atoms with E-state index in [0.717, 1.165) is 34.4 Å². The Bertz CT molecular complexity index is 1480. The molecular weight excluding hydrogens is 478 g/mol. The highest BCUT2D eigenvalue weighted by Gasteiger charge is 2.39. The topological polar surface area (TPSA) is 111 Å². The Morgan fingerprint density at radius 3 is 2.50 bits per heavy atom. The van der Waals surface area contributed by atoms with Crippen LogP contribution in [0.5, 0.6) is 5.75 Å². The SMILES string of the molecule is COc1ccc([C@H]2Nc3ccc(S(=O)(=O)Nc4cc(C)cc(C)c4)cc3[C@H]3C=CC[C@H]32)cc1[N+](=O)[O-]. The van der Waals surface area contributed by atoms with Crippen LogP contribution in [0, 0.1) is 29.9 Å². The number of nitro groups is 1. The molecule has 9 heteroatoms. The first-order valence-electron chi connectivity index (χ1n) is 11.7. The van der Waals surface area contributed by atoms with Crippen LogP contribution in [0.1, 0.15) is 40.6 Å². The number of benzene rings is 3. The van der Waals surface area contributed by atoms with Gasteiger partial charge in [0.2, 0.25) is 0 Å². The highest BCUT2D eigenvalue weighted by molar-refractivity contribution is 7.92. The molecule has 3 aromatic rings. The molecule has 2 N–H and O–H groups in total. The van der Waals surface area contributed by atoms with Gasteiger partial charge in [0.05, 0.1) is 23.0 Å². The lowest BCUT2D eigenvalue weighted by atomic mass is 9.77. The van der Waals surface area contributed by atoms with Crippen molar-refractivity contribution < 1.29 is 18.1 Å². The summed E-state index contributed by atoms with van der Waals surface area (Å²) < 4.78 is 34.3. The van der Waals surface area contributed by atoms with Crippen LogP contribution in [-0.2, 0) is 10.0 Å². The largest absolute Gasteiger partial charge is 0.490 e. The summed E-state index contributed by atoms with van der Waals surface area (Å²) in [6, 6.07) is 15.5. The number of methoxy groups -OCH3 is 1. The molecule has 0 radical (unpaired) electrons. The zero-order chi connectivity index (χ0) is 25.6. The van der Waals surface area contributed by atoms with Crippen molar-refractivity contribution >= 4 is 27.1 Å². The Kier molecular flexibility index (Phi) is 5.96. The van der Waals surface area contributed by atoms with Gasteiger partial charge in [0.15, 0.2) is 5.75 Å². The second kappa shape index (κ2) is 8.98. The van der Waals surface area contributed by atoms with Crippen molar-refractivity contribution in [3.05, 3.63) is 99.1 Å². The van der Waals surface area contributed by atoms with Gasteiger partial charge in [-0.15, -0.1) is 0 Å². The maximum atomic E-state index is 13.2. The Morgan fingerprint density at radius 1 is 1.06 bits per heavy atom. The van der Waals surface area contributed by atoms with Crippen molar-refractivity contribution in [3.63, 3.8) is 0 Å². The number of hydrogen-bond acceptors (Lipinski definition) is 6. The summed E-state index contributed by atoms with van der Waals surface area (Å²) in [5.74, 6) is 0.298. The van der Waals surface area contributed by atoms with Crippen molar-refractivity contribution in [3.8, 4) is 5.75 Å². The standard InChI is InChI=1S/C27H27N3O5S/c1-16-11-17(2)13-19(12-16)29-36(33,34)20-8-9-24-23(15-20)21-5-4-6-22(21)27(28-24)18-7-10-26(35-3)25(14-18)30(31)32/h4-5,7-15,21-22,27-29H,6H2,1-3H3/t21-,22+,27+/m0/s1. The fourth-order valence-corrected chi connectivity index (χ4v) is 6.44. The number of nitrogens with zero attached hydrogens (tertiary/aromatic N) is 1. The normalized spacial score (nSPS) is 20.2. The molecule has 0 fully saturated rings. The van der Waals surface area contributed by atoms with Gasteiger partial charge in [-0.05, 0) is 84.8 Å². The number of anilines is 2. The summed E-state index contributed by atoms with van der Waals surface area (Å²) in [6.07, 6.45) is 4.97. The molecule has 0 aromatic heterocycles. The average molecular weight is 506 g/mol. The number of nitrogens with one attached hydrogen (secondary N) is 2. The molecule has 1 aliphatic heterocycles. The van der Waals surface area contributed by atoms with Crippen LogP contribution in [-0.4, -0.2) is 20.5 Å². The second-order valence-corrected chi connectivity index (χ2v) is 11.1. The predicted octanol–water partition coefficient (Wildman–Crippen LogP) is 5.85. The van der Waals surface area contributed by atoms with Gasteiger partial charge < -0.3 is 10.1 Å². The molecule has 0 saturated carbocycles. The van der Waals surface area contributed by atoms with Crippen LogP contribution in [0.25, 0.3) is 0 Å². The van der Waals surface area contributed by atoms with E-state index in [0.29, 0.717) is 5.69 Å². The maximum absolute atomic E-state index is 13.2. The van der Waals surface area contributed by atoms with E-state index < -0.39 is 14.9 Å². The fourth-order valence-electron chi connectivity index (χ4n) is 5.36. The van der Waals surface area contributed by atoms with E-state index in [-0.39, 0.29) is 34.2 Å². The molecule has 3 aromatic carbocycles. The van der Waals surface area contributed by atoms with Crippen molar-refractivity contribution in [2.75, 3.05) is 17.1 Å². The zero-order valence-corrected chi connectivity index (χ0v) is 21.0. The summed E-state index contributed by atoms with van der Waals surface area (Å²) in [5, 5.41) is 15.1. The lowest BCUT2D eigenvalue weighted by molar-refractivity contribution is -0.385. The molecule has 36 heavy (non-hydrogen) atoms. The minimum Gasteiger partial charge on any atom is -0.490 e. The van der Waals surface area contributed by atoms with Crippen LogP contribution in [0.3, 0.4) is 0 Å². The van der Waals surface area contributed by atoms with Gasteiger partial charge >= 0.3 is 5.69 Å². The number of allylic oxidation sites excluding steroid dienone is 2. The third-order valence-corrected chi connectivity index (χ3v) is 8.26. The number of aryl methyl sites for hydroxylation is 2. The fraction of sp³-hybridized carbons (Fsp3) is 0.259. The van der Waals surface area contributed by atoms with Crippen molar-refractivity contribution in [1.82, 2.24) is 0 Å². The van der Waals surface area contributed by atoms with Crippen molar-refractivity contribution in [2.24, 2.45) is 5.92 Å². The number of sulfonamides is 1. The Labute approximate surface area is 210 Å². The third-order valence-electron chi connectivity index (χ3n) is 6.88. The van der Waals surface area contributed by atoms with Gasteiger partial charge in [-0.1, -0.05) is 24.3 Å². The number of rotatable bonds is 6. The van der Waals surface area contributed by atoms with E-state index in [2.05, 4.69) is 22.2 Å². The lowest BCUT2D eigenvalue weighted by Crippen LogP contribution is -2.29. The predicted molar refractivity (Wildman–Crippen MR) is 139 cm³/mol. The Morgan fingerprint density at radius 2 is 1.81 bits per heavy atom. The Balaban J connectivity index is 1.49. The molecule has 0 unspecified atom stereocenters. The van der Waals surface area contributed by atoms with E-state index in [1.165, 1.54) is 7.11 Å². The summed E-state index contributed by atoms with van der Waals surface area (Å²) in [7, 11) is -2.38. The highest BCUT2D eigenvalue weighted by Crippen LogP contribution is 2.51.